The predicted molar refractivity (Wildman–Crippen MR) is 75.5 cm³/mol. The summed E-state index contributed by atoms with van der Waals surface area (Å²) >= 11 is 0. The third-order valence-electron chi connectivity index (χ3n) is 3.38. The molecule has 1 aliphatic rings. The number of hydrogen-bond donors (Lipinski definition) is 2. The van der Waals surface area contributed by atoms with E-state index in [0.29, 0.717) is 19.4 Å². The molecule has 0 aromatic rings. The van der Waals surface area contributed by atoms with Crippen LogP contribution in [0.4, 0.5) is 0 Å². The Bertz CT molecular complexity index is 318. The molecule has 0 unspecified atom stereocenters. The molecule has 110 valence electrons. The van der Waals surface area contributed by atoms with Crippen LogP contribution in [0.3, 0.4) is 0 Å². The number of hydrogen-bond acceptors (Lipinski definition) is 3. The lowest BCUT2D eigenvalue weighted by atomic mass is 10.1. The minimum absolute atomic E-state index is 0.0605. The van der Waals surface area contributed by atoms with Gasteiger partial charge >= 0.3 is 0 Å². The van der Waals surface area contributed by atoms with Crippen LogP contribution in [0.5, 0.6) is 0 Å². The summed E-state index contributed by atoms with van der Waals surface area (Å²) in [5.74, 6) is -0.0166. The Morgan fingerprint density at radius 1 is 1.37 bits per heavy atom. The van der Waals surface area contributed by atoms with Crippen LogP contribution < -0.4 is 11.1 Å². The van der Waals surface area contributed by atoms with Crippen molar-refractivity contribution in [2.45, 2.75) is 71.0 Å². The van der Waals surface area contributed by atoms with Crippen LogP contribution in [0.15, 0.2) is 0 Å². The smallest absolute Gasteiger partial charge is 0.243 e. The second-order valence-corrected chi connectivity index (χ2v) is 5.68. The Morgan fingerprint density at radius 2 is 2.05 bits per heavy atom. The van der Waals surface area contributed by atoms with E-state index in [-0.39, 0.29) is 29.9 Å². The lowest BCUT2D eigenvalue weighted by Crippen LogP contribution is -2.47. The minimum Gasteiger partial charge on any atom is -0.352 e. The van der Waals surface area contributed by atoms with Crippen LogP contribution in [0.25, 0.3) is 0 Å². The van der Waals surface area contributed by atoms with Gasteiger partial charge in [-0.15, -0.1) is 0 Å². The fourth-order valence-corrected chi connectivity index (χ4v) is 2.44. The van der Waals surface area contributed by atoms with Crippen LogP contribution in [0, 0.1) is 0 Å². The van der Waals surface area contributed by atoms with Gasteiger partial charge in [0, 0.05) is 25.0 Å². The van der Waals surface area contributed by atoms with Gasteiger partial charge in [0.1, 0.15) is 6.04 Å². The maximum absolute atomic E-state index is 12.2. The van der Waals surface area contributed by atoms with Crippen molar-refractivity contribution in [1.29, 1.82) is 0 Å². The van der Waals surface area contributed by atoms with Crippen molar-refractivity contribution < 1.29 is 9.59 Å². The van der Waals surface area contributed by atoms with E-state index in [9.17, 15) is 9.59 Å². The van der Waals surface area contributed by atoms with E-state index >= 15 is 0 Å². The fourth-order valence-electron chi connectivity index (χ4n) is 2.44. The largest absolute Gasteiger partial charge is 0.352 e. The van der Waals surface area contributed by atoms with Gasteiger partial charge in [-0.1, -0.05) is 19.8 Å². The molecule has 0 aliphatic carbocycles. The molecular weight excluding hydrogens is 242 g/mol. The summed E-state index contributed by atoms with van der Waals surface area (Å²) in [6.45, 7) is 6.44. The highest BCUT2D eigenvalue weighted by molar-refractivity contribution is 5.88. The van der Waals surface area contributed by atoms with E-state index in [1.807, 2.05) is 13.8 Å². The molecule has 0 aromatic heterocycles. The zero-order valence-corrected chi connectivity index (χ0v) is 12.3. The topological polar surface area (TPSA) is 75.4 Å². The van der Waals surface area contributed by atoms with Gasteiger partial charge < -0.3 is 16.0 Å². The summed E-state index contributed by atoms with van der Waals surface area (Å²) in [5, 5.41) is 2.87. The highest BCUT2D eigenvalue weighted by Gasteiger charge is 2.37. The van der Waals surface area contributed by atoms with Gasteiger partial charge in [-0.25, -0.2) is 0 Å². The molecule has 5 heteroatoms. The lowest BCUT2D eigenvalue weighted by molar-refractivity contribution is -0.138. The van der Waals surface area contributed by atoms with Crippen molar-refractivity contribution >= 4 is 11.8 Å². The number of likely N-dealkylation sites (tertiary alicyclic amines) is 1. The number of amides is 2. The van der Waals surface area contributed by atoms with E-state index in [1.165, 1.54) is 0 Å². The van der Waals surface area contributed by atoms with Crippen LogP contribution in [-0.4, -0.2) is 41.4 Å². The summed E-state index contributed by atoms with van der Waals surface area (Å²) < 4.78 is 0. The molecule has 0 radical (unpaired) electrons. The third kappa shape index (κ3) is 4.82. The van der Waals surface area contributed by atoms with Gasteiger partial charge in [-0.05, 0) is 26.7 Å². The van der Waals surface area contributed by atoms with Gasteiger partial charge in [0.2, 0.25) is 11.8 Å². The van der Waals surface area contributed by atoms with Gasteiger partial charge in [0.15, 0.2) is 0 Å². The Hall–Kier alpha value is -1.10. The van der Waals surface area contributed by atoms with E-state index < -0.39 is 0 Å². The maximum atomic E-state index is 12.2. The molecule has 1 fully saturated rings. The van der Waals surface area contributed by atoms with Crippen molar-refractivity contribution in [3.63, 3.8) is 0 Å². The third-order valence-corrected chi connectivity index (χ3v) is 3.38. The first kappa shape index (κ1) is 16.0. The van der Waals surface area contributed by atoms with Gasteiger partial charge in [-0.2, -0.15) is 0 Å². The molecule has 0 spiro atoms. The predicted octanol–water partition coefficient (Wildman–Crippen LogP) is 1.02. The van der Waals surface area contributed by atoms with E-state index in [0.717, 1.165) is 19.3 Å². The van der Waals surface area contributed by atoms with Gasteiger partial charge in [0.05, 0.1) is 0 Å². The zero-order chi connectivity index (χ0) is 14.4. The minimum atomic E-state index is -0.383. The summed E-state index contributed by atoms with van der Waals surface area (Å²) in [6, 6.07) is -0.383. The number of nitrogens with zero attached hydrogens (tertiary/aromatic N) is 1. The van der Waals surface area contributed by atoms with E-state index in [1.54, 1.807) is 4.90 Å². The van der Waals surface area contributed by atoms with Crippen LogP contribution in [-0.2, 0) is 9.59 Å². The lowest BCUT2D eigenvalue weighted by Gasteiger charge is -2.24. The average Bonchev–Trinajstić information content (AvgIpc) is 2.71. The molecule has 5 nitrogen and oxygen atoms in total. The SMILES string of the molecule is CCCCCC(=O)N1C[C@H](N)C[C@H]1C(=O)NC(C)C. The molecule has 1 saturated heterocycles. The number of nitrogens with one attached hydrogen (secondary N) is 1. The highest BCUT2D eigenvalue weighted by Crippen LogP contribution is 2.19. The molecule has 2 amide bonds. The monoisotopic (exact) mass is 269 g/mol. The number of carbonyl (C=O) groups excluding carboxylic acids is 2. The number of nitrogens with two attached hydrogens (primary N) is 1. The first-order valence-corrected chi connectivity index (χ1v) is 7.31. The second kappa shape index (κ2) is 7.48. The summed E-state index contributed by atoms with van der Waals surface area (Å²) in [6.07, 6.45) is 4.11. The molecular formula is C14H27N3O2. The van der Waals surface area contributed by atoms with Crippen LogP contribution in [0.1, 0.15) is 52.9 Å². The van der Waals surface area contributed by atoms with Crippen molar-refractivity contribution in [3.8, 4) is 0 Å². The van der Waals surface area contributed by atoms with Crippen molar-refractivity contribution in [1.82, 2.24) is 10.2 Å². The summed E-state index contributed by atoms with van der Waals surface area (Å²) in [7, 11) is 0. The second-order valence-electron chi connectivity index (χ2n) is 5.68. The van der Waals surface area contributed by atoms with Gasteiger partial charge in [-0.3, -0.25) is 9.59 Å². The average molecular weight is 269 g/mol. The number of unbranched alkanes of at least 4 members (excludes halogenated alkanes) is 2. The molecule has 0 bridgehead atoms. The quantitative estimate of drug-likeness (QED) is 0.707. The van der Waals surface area contributed by atoms with Crippen molar-refractivity contribution in [2.75, 3.05) is 6.54 Å². The highest BCUT2D eigenvalue weighted by atomic mass is 16.2. The fraction of sp³-hybridized carbons (Fsp3) is 0.857. The van der Waals surface area contributed by atoms with Gasteiger partial charge in [0.25, 0.3) is 0 Å². The number of carbonyl (C=O) groups is 2. The summed E-state index contributed by atoms with van der Waals surface area (Å²) in [4.78, 5) is 25.9. The van der Waals surface area contributed by atoms with E-state index in [2.05, 4.69) is 12.2 Å². The van der Waals surface area contributed by atoms with Crippen molar-refractivity contribution in [2.24, 2.45) is 5.73 Å². The molecule has 19 heavy (non-hydrogen) atoms. The van der Waals surface area contributed by atoms with E-state index in [4.69, 9.17) is 5.73 Å². The Morgan fingerprint density at radius 3 is 2.63 bits per heavy atom. The summed E-state index contributed by atoms with van der Waals surface area (Å²) in [5.41, 5.74) is 5.90. The molecule has 3 N–H and O–H groups in total. The molecule has 0 saturated carbocycles. The molecule has 1 aliphatic heterocycles. The van der Waals surface area contributed by atoms with Crippen molar-refractivity contribution in [3.05, 3.63) is 0 Å². The Labute approximate surface area is 115 Å². The Balaban J connectivity index is 2.58. The molecule has 2 atom stereocenters. The first-order chi connectivity index (χ1) is 8.95. The van der Waals surface area contributed by atoms with Crippen LogP contribution >= 0.6 is 0 Å². The standard InChI is InChI=1S/C14H27N3O2/c1-4-5-6-7-13(18)17-9-11(15)8-12(17)14(19)16-10(2)3/h10-12H,4-9,15H2,1-3H3,(H,16,19)/t11-,12+/m1/s1. The zero-order valence-electron chi connectivity index (χ0n) is 12.3. The molecule has 1 heterocycles. The van der Waals surface area contributed by atoms with Crippen LogP contribution in [0.2, 0.25) is 0 Å². The first-order valence-electron chi connectivity index (χ1n) is 7.31. The number of rotatable bonds is 6. The molecule has 1 rings (SSSR count). The maximum Gasteiger partial charge on any atom is 0.243 e. The normalized spacial score (nSPS) is 22.9. The molecule has 0 aromatic carbocycles. The Kier molecular flexibility index (Phi) is 6.28.